The lowest BCUT2D eigenvalue weighted by atomic mass is 9.80. The van der Waals surface area contributed by atoms with Gasteiger partial charge in [-0.25, -0.2) is 17.9 Å². The van der Waals surface area contributed by atoms with E-state index in [1.165, 1.54) is 12.1 Å². The van der Waals surface area contributed by atoms with Crippen LogP contribution in [0.4, 0.5) is 4.39 Å². The summed E-state index contributed by atoms with van der Waals surface area (Å²) in [5.74, 6) is 0.217. The van der Waals surface area contributed by atoms with E-state index in [1.54, 1.807) is 24.3 Å². The number of primary sulfonamides is 1. The van der Waals surface area contributed by atoms with Gasteiger partial charge in [0.1, 0.15) is 17.2 Å². The molecular weight excluding hydrogens is 329 g/mol. The summed E-state index contributed by atoms with van der Waals surface area (Å²) in [4.78, 5) is 0. The van der Waals surface area contributed by atoms with Crippen molar-refractivity contribution in [3.8, 4) is 5.75 Å². The Morgan fingerprint density at radius 3 is 2.50 bits per heavy atom. The average molecular weight is 349 g/mol. The molecule has 0 aliphatic carbocycles. The highest BCUT2D eigenvalue weighted by molar-refractivity contribution is 7.88. The van der Waals surface area contributed by atoms with Crippen molar-refractivity contribution in [1.82, 2.24) is 0 Å². The Hall–Kier alpha value is -1.92. The summed E-state index contributed by atoms with van der Waals surface area (Å²) in [5.41, 5.74) is 2.16. The molecule has 24 heavy (non-hydrogen) atoms. The molecule has 0 bridgehead atoms. The molecule has 4 nitrogen and oxygen atoms in total. The molecule has 2 aromatic rings. The highest BCUT2D eigenvalue weighted by Gasteiger charge is 2.34. The van der Waals surface area contributed by atoms with Crippen LogP contribution in [0.5, 0.6) is 5.75 Å². The maximum absolute atomic E-state index is 13.2. The molecule has 0 fully saturated rings. The van der Waals surface area contributed by atoms with Gasteiger partial charge >= 0.3 is 0 Å². The molecular formula is C18H20FNO3S. The van der Waals surface area contributed by atoms with Crippen LogP contribution in [0.1, 0.15) is 42.9 Å². The van der Waals surface area contributed by atoms with Crippen molar-refractivity contribution >= 4 is 10.0 Å². The number of nitrogens with two attached hydrogens (primary N) is 1. The van der Waals surface area contributed by atoms with E-state index >= 15 is 0 Å². The van der Waals surface area contributed by atoms with E-state index in [-0.39, 0.29) is 17.5 Å². The normalized spacial score (nSPS) is 19.4. The summed E-state index contributed by atoms with van der Waals surface area (Å²) in [6.07, 6.45) is 0.750. The molecule has 1 heterocycles. The van der Waals surface area contributed by atoms with Gasteiger partial charge < -0.3 is 4.74 Å². The Morgan fingerprint density at radius 2 is 1.88 bits per heavy atom. The van der Waals surface area contributed by atoms with Crippen LogP contribution in [-0.4, -0.2) is 14.0 Å². The van der Waals surface area contributed by atoms with Crippen molar-refractivity contribution in [3.63, 3.8) is 0 Å². The summed E-state index contributed by atoms with van der Waals surface area (Å²) in [6.45, 7) is 3.97. The minimum Gasteiger partial charge on any atom is -0.488 e. The predicted molar refractivity (Wildman–Crippen MR) is 90.8 cm³/mol. The van der Waals surface area contributed by atoms with Crippen molar-refractivity contribution < 1.29 is 17.5 Å². The zero-order valence-corrected chi connectivity index (χ0v) is 14.4. The molecule has 1 atom stereocenters. The number of hydrogen-bond donors (Lipinski definition) is 1. The largest absolute Gasteiger partial charge is 0.488 e. The first-order valence-electron chi connectivity index (χ1n) is 7.71. The molecule has 0 saturated carbocycles. The van der Waals surface area contributed by atoms with E-state index in [1.807, 2.05) is 19.9 Å². The number of rotatable bonds is 3. The van der Waals surface area contributed by atoms with Crippen LogP contribution in [0.2, 0.25) is 0 Å². The minimum atomic E-state index is -3.60. The number of fused-ring (bicyclic) bond motifs is 1. The molecule has 128 valence electrons. The van der Waals surface area contributed by atoms with Gasteiger partial charge in [0.05, 0.1) is 5.75 Å². The van der Waals surface area contributed by atoms with E-state index in [2.05, 4.69) is 0 Å². The molecule has 2 aromatic carbocycles. The maximum atomic E-state index is 13.2. The Morgan fingerprint density at radius 1 is 1.21 bits per heavy atom. The smallest absolute Gasteiger partial charge is 0.213 e. The highest BCUT2D eigenvalue weighted by atomic mass is 32.2. The third-order valence-electron chi connectivity index (χ3n) is 4.18. The second kappa shape index (κ2) is 5.86. The standard InChI is InChI=1S/C18H20FNO3S/c1-18(2)10-16(13-4-6-14(19)7-5-13)15-8-3-12(9-17(15)23-18)11-24(20,21)22/h3-9,16H,10-11H2,1-2H3,(H2,20,21,22). The Labute approximate surface area is 141 Å². The first-order valence-corrected chi connectivity index (χ1v) is 9.42. The summed E-state index contributed by atoms with van der Waals surface area (Å²) in [5, 5.41) is 5.13. The average Bonchev–Trinajstić information content (AvgIpc) is 2.44. The molecule has 0 spiro atoms. The molecule has 3 rings (SSSR count). The molecule has 0 saturated heterocycles. The monoisotopic (exact) mass is 349 g/mol. The fourth-order valence-electron chi connectivity index (χ4n) is 3.21. The molecule has 2 N–H and O–H groups in total. The van der Waals surface area contributed by atoms with Crippen molar-refractivity contribution in [3.05, 3.63) is 65.0 Å². The molecule has 0 amide bonds. The number of sulfonamides is 1. The van der Waals surface area contributed by atoms with Crippen molar-refractivity contribution in [2.45, 2.75) is 37.5 Å². The van der Waals surface area contributed by atoms with Gasteiger partial charge in [-0.1, -0.05) is 24.3 Å². The SMILES string of the molecule is CC1(C)CC(c2ccc(F)cc2)c2ccc(CS(N)(=O)=O)cc2O1. The first-order chi connectivity index (χ1) is 11.1. The maximum Gasteiger partial charge on any atom is 0.213 e. The quantitative estimate of drug-likeness (QED) is 0.924. The second-order valence-electron chi connectivity index (χ2n) is 6.85. The summed E-state index contributed by atoms with van der Waals surface area (Å²) in [7, 11) is -3.60. The van der Waals surface area contributed by atoms with Gasteiger partial charge in [-0.15, -0.1) is 0 Å². The van der Waals surface area contributed by atoms with Crippen LogP contribution in [0.25, 0.3) is 0 Å². The number of ether oxygens (including phenoxy) is 1. The van der Waals surface area contributed by atoms with Crippen LogP contribution in [0.15, 0.2) is 42.5 Å². The van der Waals surface area contributed by atoms with Gasteiger partial charge in [0.2, 0.25) is 10.0 Å². The lowest BCUT2D eigenvalue weighted by molar-refractivity contribution is 0.0774. The molecule has 0 radical (unpaired) electrons. The summed E-state index contributed by atoms with van der Waals surface area (Å²) >= 11 is 0. The van der Waals surface area contributed by atoms with Gasteiger partial charge in [-0.05, 0) is 49.6 Å². The van der Waals surface area contributed by atoms with Crippen molar-refractivity contribution in [1.29, 1.82) is 0 Å². The molecule has 1 aliphatic rings. The zero-order valence-electron chi connectivity index (χ0n) is 13.6. The fraction of sp³-hybridized carbons (Fsp3) is 0.333. The topological polar surface area (TPSA) is 69.4 Å². The Kier molecular flexibility index (Phi) is 4.13. The summed E-state index contributed by atoms with van der Waals surface area (Å²) in [6, 6.07) is 11.8. The Balaban J connectivity index is 2.04. The molecule has 1 aliphatic heterocycles. The zero-order chi connectivity index (χ0) is 17.5. The van der Waals surface area contributed by atoms with Crippen LogP contribution < -0.4 is 9.88 Å². The third-order valence-corrected chi connectivity index (χ3v) is 4.91. The molecule has 1 unspecified atom stereocenters. The van der Waals surface area contributed by atoms with Crippen LogP contribution in [-0.2, 0) is 15.8 Å². The van der Waals surface area contributed by atoms with Gasteiger partial charge in [0.25, 0.3) is 0 Å². The van der Waals surface area contributed by atoms with Crippen LogP contribution in [0.3, 0.4) is 0 Å². The van der Waals surface area contributed by atoms with E-state index in [0.29, 0.717) is 11.3 Å². The van der Waals surface area contributed by atoms with Crippen LogP contribution >= 0.6 is 0 Å². The number of halogens is 1. The van der Waals surface area contributed by atoms with Gasteiger partial charge in [0.15, 0.2) is 0 Å². The summed E-state index contributed by atoms with van der Waals surface area (Å²) < 4.78 is 41.9. The number of benzene rings is 2. The predicted octanol–water partition coefficient (Wildman–Crippen LogP) is 3.31. The lowest BCUT2D eigenvalue weighted by Gasteiger charge is -2.38. The fourth-order valence-corrected chi connectivity index (χ4v) is 3.85. The van der Waals surface area contributed by atoms with E-state index in [4.69, 9.17) is 9.88 Å². The van der Waals surface area contributed by atoms with Gasteiger partial charge in [-0.3, -0.25) is 0 Å². The minimum absolute atomic E-state index is 0.0629. The van der Waals surface area contributed by atoms with E-state index in [9.17, 15) is 12.8 Å². The molecule has 0 aromatic heterocycles. The van der Waals surface area contributed by atoms with Crippen LogP contribution in [0, 0.1) is 5.82 Å². The third kappa shape index (κ3) is 3.76. The number of hydrogen-bond acceptors (Lipinski definition) is 3. The van der Waals surface area contributed by atoms with Gasteiger partial charge in [-0.2, -0.15) is 0 Å². The first kappa shape index (κ1) is 16.9. The van der Waals surface area contributed by atoms with E-state index in [0.717, 1.165) is 17.5 Å². The molecule has 6 heteroatoms. The van der Waals surface area contributed by atoms with Gasteiger partial charge in [0, 0.05) is 11.5 Å². The second-order valence-corrected chi connectivity index (χ2v) is 8.46. The Bertz CT molecular complexity index is 860. The van der Waals surface area contributed by atoms with Crippen molar-refractivity contribution in [2.24, 2.45) is 5.14 Å². The highest BCUT2D eigenvalue weighted by Crippen LogP contribution is 2.44. The lowest BCUT2D eigenvalue weighted by Crippen LogP contribution is -2.35. The van der Waals surface area contributed by atoms with Crippen molar-refractivity contribution in [2.75, 3.05) is 0 Å². The van der Waals surface area contributed by atoms with E-state index < -0.39 is 15.6 Å².